The summed E-state index contributed by atoms with van der Waals surface area (Å²) >= 11 is 6.35. The quantitative estimate of drug-likeness (QED) is 0.475. The maximum Gasteiger partial charge on any atom is 0.306 e. The molecule has 164 valence electrons. The number of nitrogens with zero attached hydrogens (tertiary/aromatic N) is 5. The Kier molecular flexibility index (Phi) is 4.66. The molecule has 32 heavy (non-hydrogen) atoms. The van der Waals surface area contributed by atoms with Gasteiger partial charge in [0, 0.05) is 36.1 Å². The van der Waals surface area contributed by atoms with Gasteiger partial charge in [-0.15, -0.1) is 0 Å². The van der Waals surface area contributed by atoms with Crippen LogP contribution in [0.3, 0.4) is 0 Å². The van der Waals surface area contributed by atoms with Crippen LogP contribution in [0.4, 0.5) is 10.3 Å². The summed E-state index contributed by atoms with van der Waals surface area (Å²) in [6.07, 6.45) is 9.79. The van der Waals surface area contributed by atoms with E-state index in [0.29, 0.717) is 46.9 Å². The number of nitrogens with one attached hydrogen (secondary N) is 1. The van der Waals surface area contributed by atoms with Crippen molar-refractivity contribution in [3.8, 4) is 22.6 Å². The zero-order valence-electron chi connectivity index (χ0n) is 17.5. The lowest BCUT2D eigenvalue weighted by Crippen LogP contribution is -2.44. The van der Waals surface area contributed by atoms with Gasteiger partial charge in [0.25, 0.3) is 0 Å². The first-order chi connectivity index (χ1) is 15.6. The molecule has 4 aromatic rings. The lowest BCUT2D eigenvalue weighted by Gasteiger charge is -2.36. The Bertz CT molecular complexity index is 1290. The first-order valence-electron chi connectivity index (χ1n) is 10.8. The topological polar surface area (TPSA) is 71.5 Å². The first-order valence-corrected chi connectivity index (χ1v) is 11.2. The number of aromatic nitrogens is 4. The molecule has 3 aromatic heterocycles. The van der Waals surface area contributed by atoms with Crippen LogP contribution in [0.5, 0.6) is 0 Å². The highest BCUT2D eigenvalue weighted by molar-refractivity contribution is 6.33. The molecule has 9 heteroatoms. The summed E-state index contributed by atoms with van der Waals surface area (Å²) in [4.78, 5) is 16.4. The number of hydrogen-bond acceptors (Lipinski definition) is 6. The van der Waals surface area contributed by atoms with Crippen molar-refractivity contribution in [3.63, 3.8) is 0 Å². The van der Waals surface area contributed by atoms with E-state index >= 15 is 0 Å². The minimum Gasteiger partial charge on any atom is -0.432 e. The van der Waals surface area contributed by atoms with Crippen LogP contribution in [-0.2, 0) is 0 Å². The Labute approximate surface area is 189 Å². The molecule has 0 unspecified atom stereocenters. The highest BCUT2D eigenvalue weighted by atomic mass is 35.5. The van der Waals surface area contributed by atoms with Crippen molar-refractivity contribution in [3.05, 3.63) is 53.8 Å². The Hall–Kier alpha value is -2.97. The van der Waals surface area contributed by atoms with Gasteiger partial charge in [-0.2, -0.15) is 4.98 Å². The standard InChI is InChI=1S/C23H22ClFN6O/c1-30-15-3-4-16(30)12-14(11-15)27-22-26-7-6-19(28-22)21-20(29-23-31(21)8-9-32-23)17-5-2-13(25)10-18(17)24/h2,5-10,14-16H,3-4,11-12H2,1H3,(H,26,27,28)/t14-,15+,16-. The molecule has 1 aromatic carbocycles. The van der Waals surface area contributed by atoms with Crippen LogP contribution in [0, 0.1) is 5.82 Å². The second-order valence-corrected chi connectivity index (χ2v) is 9.02. The molecule has 3 atom stereocenters. The molecule has 2 aliphatic heterocycles. The number of piperidine rings is 1. The summed E-state index contributed by atoms with van der Waals surface area (Å²) in [7, 11) is 2.23. The molecule has 2 bridgehead atoms. The number of oxazole rings is 1. The zero-order valence-corrected chi connectivity index (χ0v) is 18.3. The smallest absolute Gasteiger partial charge is 0.306 e. The number of hydrogen-bond donors (Lipinski definition) is 1. The van der Waals surface area contributed by atoms with Gasteiger partial charge in [0.1, 0.15) is 23.5 Å². The van der Waals surface area contributed by atoms with Gasteiger partial charge in [-0.3, -0.25) is 4.40 Å². The van der Waals surface area contributed by atoms with Crippen molar-refractivity contribution in [2.45, 2.75) is 43.8 Å². The van der Waals surface area contributed by atoms with E-state index in [0.717, 1.165) is 18.5 Å². The molecule has 5 heterocycles. The van der Waals surface area contributed by atoms with Crippen LogP contribution in [0.25, 0.3) is 28.5 Å². The first kappa shape index (κ1) is 19.7. The van der Waals surface area contributed by atoms with Gasteiger partial charge in [-0.05, 0) is 57.0 Å². The molecule has 2 aliphatic rings. The number of benzene rings is 1. The molecule has 0 spiro atoms. The SMILES string of the molecule is CN1[C@@H]2CC[C@H]1C[C@@H](Nc1nccc(-c3c(-c4ccc(F)cc4Cl)nc4occn34)n1)C2. The van der Waals surface area contributed by atoms with Crippen molar-refractivity contribution in [1.82, 2.24) is 24.3 Å². The van der Waals surface area contributed by atoms with Crippen LogP contribution in [0.1, 0.15) is 25.7 Å². The molecule has 2 saturated heterocycles. The number of rotatable bonds is 4. The van der Waals surface area contributed by atoms with Gasteiger partial charge < -0.3 is 14.6 Å². The van der Waals surface area contributed by atoms with Crippen LogP contribution in [0.2, 0.25) is 5.02 Å². The molecule has 7 nitrogen and oxygen atoms in total. The summed E-state index contributed by atoms with van der Waals surface area (Å²) in [6, 6.07) is 7.71. The number of anilines is 1. The Morgan fingerprint density at radius 1 is 1.16 bits per heavy atom. The average molecular weight is 453 g/mol. The van der Waals surface area contributed by atoms with Crippen molar-refractivity contribution >= 4 is 23.4 Å². The van der Waals surface area contributed by atoms with Crippen molar-refractivity contribution in [2.75, 3.05) is 12.4 Å². The number of halogens is 2. The normalized spacial score (nSPS) is 23.2. The van der Waals surface area contributed by atoms with E-state index in [-0.39, 0.29) is 5.02 Å². The van der Waals surface area contributed by atoms with Crippen LogP contribution in [0.15, 0.2) is 47.3 Å². The van der Waals surface area contributed by atoms with Gasteiger partial charge in [0.2, 0.25) is 5.95 Å². The summed E-state index contributed by atoms with van der Waals surface area (Å²) in [5.74, 6) is 0.602. The molecule has 6 rings (SSSR count). The van der Waals surface area contributed by atoms with Gasteiger partial charge in [-0.1, -0.05) is 11.6 Å². The monoisotopic (exact) mass is 452 g/mol. The molecule has 0 aliphatic carbocycles. The van der Waals surface area contributed by atoms with E-state index < -0.39 is 5.82 Å². The molecule has 2 fully saturated rings. The Morgan fingerprint density at radius 3 is 2.75 bits per heavy atom. The fraction of sp³-hybridized carbons (Fsp3) is 0.348. The molecular weight excluding hydrogens is 431 g/mol. The van der Waals surface area contributed by atoms with E-state index in [1.54, 1.807) is 24.7 Å². The predicted octanol–water partition coefficient (Wildman–Crippen LogP) is 4.88. The Morgan fingerprint density at radius 2 is 1.97 bits per heavy atom. The molecule has 1 N–H and O–H groups in total. The summed E-state index contributed by atoms with van der Waals surface area (Å²) in [6.45, 7) is 0. The average Bonchev–Trinajstić information content (AvgIpc) is 3.40. The predicted molar refractivity (Wildman–Crippen MR) is 120 cm³/mol. The fourth-order valence-corrected chi connectivity index (χ4v) is 5.43. The van der Waals surface area contributed by atoms with E-state index in [4.69, 9.17) is 21.0 Å². The van der Waals surface area contributed by atoms with Crippen LogP contribution < -0.4 is 5.32 Å². The zero-order chi connectivity index (χ0) is 21.8. The minimum absolute atomic E-state index is 0.279. The maximum absolute atomic E-state index is 13.6. The third-order valence-corrected chi connectivity index (χ3v) is 7.09. The van der Waals surface area contributed by atoms with Gasteiger partial charge >= 0.3 is 5.84 Å². The van der Waals surface area contributed by atoms with Crippen molar-refractivity contribution < 1.29 is 8.81 Å². The van der Waals surface area contributed by atoms with E-state index in [1.807, 2.05) is 10.5 Å². The second kappa shape index (κ2) is 7.56. The summed E-state index contributed by atoms with van der Waals surface area (Å²) < 4.78 is 21.0. The van der Waals surface area contributed by atoms with Crippen LogP contribution in [-0.4, -0.2) is 49.4 Å². The largest absolute Gasteiger partial charge is 0.432 e. The van der Waals surface area contributed by atoms with E-state index in [2.05, 4.69) is 27.2 Å². The van der Waals surface area contributed by atoms with Gasteiger partial charge in [-0.25, -0.2) is 14.4 Å². The van der Waals surface area contributed by atoms with Gasteiger partial charge in [0.15, 0.2) is 0 Å². The third kappa shape index (κ3) is 3.25. The molecule has 0 radical (unpaired) electrons. The number of imidazole rings is 1. The lowest BCUT2D eigenvalue weighted by molar-refractivity contribution is 0.168. The maximum atomic E-state index is 13.6. The van der Waals surface area contributed by atoms with Crippen molar-refractivity contribution in [2.24, 2.45) is 0 Å². The third-order valence-electron chi connectivity index (χ3n) is 6.78. The molecular formula is C23H22ClFN6O. The van der Waals surface area contributed by atoms with Crippen LogP contribution >= 0.6 is 11.6 Å². The summed E-state index contributed by atoms with van der Waals surface area (Å²) in [5.41, 5.74) is 2.59. The van der Waals surface area contributed by atoms with Crippen molar-refractivity contribution in [1.29, 1.82) is 0 Å². The Balaban J connectivity index is 1.38. The van der Waals surface area contributed by atoms with Gasteiger partial charge in [0.05, 0.1) is 10.7 Å². The molecule has 0 amide bonds. The second-order valence-electron chi connectivity index (χ2n) is 8.62. The van der Waals surface area contributed by atoms with E-state index in [1.165, 1.54) is 25.0 Å². The number of fused-ring (bicyclic) bond motifs is 3. The lowest BCUT2D eigenvalue weighted by atomic mass is 9.98. The van der Waals surface area contributed by atoms with E-state index in [9.17, 15) is 4.39 Å². The highest BCUT2D eigenvalue weighted by Gasteiger charge is 2.38. The fourth-order valence-electron chi connectivity index (χ4n) is 5.17. The molecule has 0 saturated carbocycles. The summed E-state index contributed by atoms with van der Waals surface area (Å²) in [5, 5.41) is 3.83. The highest BCUT2D eigenvalue weighted by Crippen LogP contribution is 2.37. The minimum atomic E-state index is -0.399.